The normalized spacial score (nSPS) is 11.0. The molecule has 2 nitrogen and oxygen atoms in total. The number of hydrogen-bond acceptors (Lipinski definition) is 2. The van der Waals surface area contributed by atoms with Crippen molar-refractivity contribution in [2.75, 3.05) is 0 Å². The van der Waals surface area contributed by atoms with Crippen molar-refractivity contribution < 1.29 is 8.42 Å². The van der Waals surface area contributed by atoms with Gasteiger partial charge in [0, 0.05) is 12.8 Å². The summed E-state index contributed by atoms with van der Waals surface area (Å²) in [5.41, 5.74) is 1.15. The third-order valence-corrected chi connectivity index (χ3v) is 6.20. The number of unbranched alkanes of at least 4 members (excludes halogenated alkanes) is 4. The summed E-state index contributed by atoms with van der Waals surface area (Å²) in [5, 5.41) is 0. The van der Waals surface area contributed by atoms with Gasteiger partial charge < -0.3 is 0 Å². The van der Waals surface area contributed by atoms with Crippen molar-refractivity contribution in [1.82, 2.24) is 0 Å². The summed E-state index contributed by atoms with van der Waals surface area (Å²) in [6.07, 6.45) is 5.50. The SMILES string of the molecule is CCCCC#CC#C/C(=C(/C#CCCCC)c1ccccc1)S(=O)(=O)c1ccccc1. The fourth-order valence-corrected chi connectivity index (χ4v) is 4.10. The maximum absolute atomic E-state index is 13.5. The molecule has 0 aliphatic rings. The van der Waals surface area contributed by atoms with E-state index in [9.17, 15) is 8.42 Å². The average molecular weight is 429 g/mol. The van der Waals surface area contributed by atoms with Gasteiger partial charge in [0.05, 0.1) is 10.5 Å². The summed E-state index contributed by atoms with van der Waals surface area (Å²) in [4.78, 5) is 0.195. The van der Waals surface area contributed by atoms with Crippen molar-refractivity contribution >= 4 is 15.4 Å². The largest absolute Gasteiger partial charge is 0.218 e. The Morgan fingerprint density at radius 1 is 0.742 bits per heavy atom. The van der Waals surface area contributed by atoms with Gasteiger partial charge in [-0.3, -0.25) is 0 Å². The highest BCUT2D eigenvalue weighted by molar-refractivity contribution is 7.95. The summed E-state index contributed by atoms with van der Waals surface area (Å²) in [6, 6.07) is 17.7. The van der Waals surface area contributed by atoms with Crippen LogP contribution < -0.4 is 0 Å². The number of hydrogen-bond donors (Lipinski definition) is 0. The van der Waals surface area contributed by atoms with E-state index in [0.29, 0.717) is 12.0 Å². The maximum atomic E-state index is 13.5. The van der Waals surface area contributed by atoms with Crippen molar-refractivity contribution in [2.24, 2.45) is 0 Å². The smallest absolute Gasteiger partial charge is 0.215 e. The number of allylic oxidation sites excluding steroid dienone is 2. The molecule has 0 heterocycles. The Hall–Kier alpha value is -3.19. The van der Waals surface area contributed by atoms with Gasteiger partial charge >= 0.3 is 0 Å². The first kappa shape index (κ1) is 24.1. The molecule has 0 aromatic heterocycles. The lowest BCUT2D eigenvalue weighted by molar-refractivity contribution is 0.603. The molecule has 0 saturated carbocycles. The monoisotopic (exact) mass is 428 g/mol. The van der Waals surface area contributed by atoms with E-state index in [1.807, 2.05) is 30.3 Å². The van der Waals surface area contributed by atoms with Gasteiger partial charge in [-0.25, -0.2) is 8.42 Å². The van der Waals surface area contributed by atoms with E-state index in [0.717, 1.165) is 37.7 Å². The second kappa shape index (κ2) is 13.2. The van der Waals surface area contributed by atoms with Crippen molar-refractivity contribution in [3.8, 4) is 35.5 Å². The standard InChI is InChI=1S/C28H28O2S/c1-3-5-7-9-10-18-24-28(31(29,30)26-21-15-12-16-22-26)27(23-17-8-6-4-2)25-19-13-11-14-20-25/h11-16,19-22H,3-8H2,1-2H3/b28-27+. The zero-order valence-corrected chi connectivity index (χ0v) is 19.1. The lowest BCUT2D eigenvalue weighted by Crippen LogP contribution is -2.06. The van der Waals surface area contributed by atoms with Crippen LogP contribution in [0.1, 0.15) is 57.9 Å². The fourth-order valence-electron chi connectivity index (χ4n) is 2.72. The van der Waals surface area contributed by atoms with Crippen LogP contribution in [-0.4, -0.2) is 8.42 Å². The summed E-state index contributed by atoms with van der Waals surface area (Å²) in [7, 11) is -3.85. The molecular weight excluding hydrogens is 400 g/mol. The molecule has 2 rings (SSSR count). The molecule has 0 aliphatic carbocycles. The van der Waals surface area contributed by atoms with Crippen molar-refractivity contribution in [3.05, 3.63) is 71.1 Å². The Morgan fingerprint density at radius 3 is 1.94 bits per heavy atom. The molecule has 0 atom stereocenters. The molecule has 0 saturated heterocycles. The molecule has 0 bridgehead atoms. The maximum Gasteiger partial charge on any atom is 0.215 e. The van der Waals surface area contributed by atoms with E-state index < -0.39 is 9.84 Å². The number of benzene rings is 2. The molecule has 0 fully saturated rings. The Morgan fingerprint density at radius 2 is 1.32 bits per heavy atom. The molecule has 0 spiro atoms. The molecule has 158 valence electrons. The van der Waals surface area contributed by atoms with E-state index >= 15 is 0 Å². The first-order valence-electron chi connectivity index (χ1n) is 10.7. The van der Waals surface area contributed by atoms with Crippen LogP contribution in [0.25, 0.3) is 5.57 Å². The lowest BCUT2D eigenvalue weighted by Gasteiger charge is -2.08. The molecule has 0 radical (unpaired) electrons. The van der Waals surface area contributed by atoms with Crippen LogP contribution in [0.5, 0.6) is 0 Å². The minimum Gasteiger partial charge on any atom is -0.218 e. The first-order valence-corrected chi connectivity index (χ1v) is 12.2. The molecule has 0 aliphatic heterocycles. The summed E-state index contributed by atoms with van der Waals surface area (Å²) >= 11 is 0. The minimum atomic E-state index is -3.85. The zero-order chi connectivity index (χ0) is 22.4. The van der Waals surface area contributed by atoms with Crippen LogP contribution in [0, 0.1) is 35.5 Å². The molecule has 0 N–H and O–H groups in total. The second-order valence-electron chi connectivity index (χ2n) is 6.95. The predicted octanol–water partition coefficient (Wildman–Crippen LogP) is 6.26. The topological polar surface area (TPSA) is 34.1 Å². The molecule has 0 unspecified atom stereocenters. The third-order valence-electron chi connectivity index (χ3n) is 4.46. The van der Waals surface area contributed by atoms with Crippen molar-refractivity contribution in [2.45, 2.75) is 57.3 Å². The van der Waals surface area contributed by atoms with Gasteiger partial charge in [-0.05, 0) is 48.3 Å². The van der Waals surface area contributed by atoms with E-state index in [1.54, 1.807) is 30.3 Å². The highest BCUT2D eigenvalue weighted by atomic mass is 32.2. The summed E-state index contributed by atoms with van der Waals surface area (Å²) < 4.78 is 27.1. The lowest BCUT2D eigenvalue weighted by atomic mass is 10.1. The molecule has 2 aromatic rings. The average Bonchev–Trinajstić information content (AvgIpc) is 2.80. The molecule has 0 amide bonds. The number of rotatable bonds is 7. The molecular formula is C28H28O2S. The molecule has 31 heavy (non-hydrogen) atoms. The number of sulfone groups is 1. The second-order valence-corrected chi connectivity index (χ2v) is 8.83. The van der Waals surface area contributed by atoms with Crippen molar-refractivity contribution in [1.29, 1.82) is 0 Å². The predicted molar refractivity (Wildman–Crippen MR) is 129 cm³/mol. The van der Waals surface area contributed by atoms with Crippen LogP contribution in [0.15, 0.2) is 70.5 Å². The van der Waals surface area contributed by atoms with Gasteiger partial charge in [-0.15, -0.1) is 0 Å². The fraction of sp³-hybridized carbons (Fsp3) is 0.286. The van der Waals surface area contributed by atoms with Crippen LogP contribution in [0.3, 0.4) is 0 Å². The molecule has 2 aromatic carbocycles. The van der Waals surface area contributed by atoms with E-state index in [1.165, 1.54) is 0 Å². The van der Waals surface area contributed by atoms with E-state index in [2.05, 4.69) is 49.4 Å². The van der Waals surface area contributed by atoms with Crippen molar-refractivity contribution in [3.63, 3.8) is 0 Å². The Kier molecular flexibility index (Phi) is 10.2. The third kappa shape index (κ3) is 7.53. The first-order chi connectivity index (χ1) is 15.1. The van der Waals surface area contributed by atoms with Gasteiger partial charge in [0.2, 0.25) is 9.84 Å². The quantitative estimate of drug-likeness (QED) is 0.385. The van der Waals surface area contributed by atoms with Gasteiger partial charge in [-0.2, -0.15) is 0 Å². The summed E-state index contributed by atoms with van der Waals surface area (Å²) in [5.74, 6) is 17.6. The highest BCUT2D eigenvalue weighted by Crippen LogP contribution is 2.27. The van der Waals surface area contributed by atoms with Crippen LogP contribution in [-0.2, 0) is 9.84 Å². The summed E-state index contributed by atoms with van der Waals surface area (Å²) in [6.45, 7) is 4.20. The minimum absolute atomic E-state index is 0.00121. The van der Waals surface area contributed by atoms with Gasteiger partial charge in [-0.1, -0.05) is 93.0 Å². The van der Waals surface area contributed by atoms with Crippen LogP contribution in [0.4, 0.5) is 0 Å². The Bertz CT molecular complexity index is 1160. The van der Waals surface area contributed by atoms with Crippen LogP contribution >= 0.6 is 0 Å². The highest BCUT2D eigenvalue weighted by Gasteiger charge is 2.23. The van der Waals surface area contributed by atoms with Gasteiger partial charge in [0.1, 0.15) is 4.91 Å². The molecule has 3 heteroatoms. The van der Waals surface area contributed by atoms with Gasteiger partial charge in [0.15, 0.2) is 0 Å². The Labute approximate surface area is 187 Å². The van der Waals surface area contributed by atoms with Gasteiger partial charge in [0.25, 0.3) is 0 Å². The van der Waals surface area contributed by atoms with Crippen LogP contribution in [0.2, 0.25) is 0 Å². The zero-order valence-electron chi connectivity index (χ0n) is 18.2. The van der Waals surface area contributed by atoms with E-state index in [4.69, 9.17) is 0 Å². The van der Waals surface area contributed by atoms with E-state index in [-0.39, 0.29) is 9.80 Å². The Balaban J connectivity index is 2.69.